The van der Waals surface area contributed by atoms with E-state index in [1.807, 2.05) is 54.6 Å². The van der Waals surface area contributed by atoms with E-state index in [9.17, 15) is 14.7 Å². The highest BCUT2D eigenvalue weighted by molar-refractivity contribution is 5.89. The van der Waals surface area contributed by atoms with E-state index in [0.29, 0.717) is 0 Å². The number of nitrogens with zero attached hydrogens (tertiary/aromatic N) is 1. The Morgan fingerprint density at radius 1 is 1.00 bits per heavy atom. The first-order valence-electron chi connectivity index (χ1n) is 8.83. The Balaban J connectivity index is 1.88. The average Bonchev–Trinajstić information content (AvgIpc) is 3.07. The Morgan fingerprint density at radius 3 is 2.26 bits per heavy atom. The van der Waals surface area contributed by atoms with Crippen LogP contribution in [0.5, 0.6) is 0 Å². The van der Waals surface area contributed by atoms with E-state index in [0.717, 1.165) is 22.3 Å². The first-order chi connectivity index (χ1) is 12.7. The highest BCUT2D eigenvalue weighted by Gasteiger charge is 2.36. The van der Waals surface area contributed by atoms with Gasteiger partial charge in [0.05, 0.1) is 6.54 Å². The molecule has 0 bridgehead atoms. The first kappa shape index (κ1) is 18.7. The van der Waals surface area contributed by atoms with Gasteiger partial charge in [-0.1, -0.05) is 48.5 Å². The fourth-order valence-electron chi connectivity index (χ4n) is 3.03. The Hall–Kier alpha value is -3.08. The molecule has 140 valence electrons. The lowest BCUT2D eigenvalue weighted by atomic mass is 9.99. The quantitative estimate of drug-likeness (QED) is 0.873. The van der Waals surface area contributed by atoms with Crippen molar-refractivity contribution < 1.29 is 19.4 Å². The van der Waals surface area contributed by atoms with Crippen molar-refractivity contribution in [3.63, 3.8) is 0 Å². The molecule has 0 spiro atoms. The molecule has 5 nitrogen and oxygen atoms in total. The molecule has 1 aliphatic rings. The minimum Gasteiger partial charge on any atom is -0.479 e. The number of carbonyl (C=O) groups excluding carboxylic acids is 1. The lowest BCUT2D eigenvalue weighted by molar-refractivity contribution is -0.140. The SMILES string of the molecule is CC(C)(C)OC(=O)N1CC(c2cccc(-c3ccccc3)c2)=CC1C(=O)O. The second-order valence-corrected chi connectivity index (χ2v) is 7.53. The van der Waals surface area contributed by atoms with Gasteiger partial charge in [-0.2, -0.15) is 0 Å². The zero-order valence-corrected chi connectivity index (χ0v) is 15.7. The van der Waals surface area contributed by atoms with Crippen LogP contribution in [-0.4, -0.2) is 40.3 Å². The number of benzene rings is 2. The molecule has 1 aliphatic heterocycles. The summed E-state index contributed by atoms with van der Waals surface area (Å²) in [5.74, 6) is -1.07. The second-order valence-electron chi connectivity index (χ2n) is 7.53. The van der Waals surface area contributed by atoms with Gasteiger partial charge in [-0.25, -0.2) is 9.59 Å². The maximum atomic E-state index is 12.4. The van der Waals surface area contributed by atoms with Crippen molar-refractivity contribution in [2.75, 3.05) is 6.54 Å². The summed E-state index contributed by atoms with van der Waals surface area (Å²) in [6.45, 7) is 5.47. The van der Waals surface area contributed by atoms with Crippen molar-refractivity contribution in [1.82, 2.24) is 4.90 Å². The van der Waals surface area contributed by atoms with Crippen LogP contribution in [0.15, 0.2) is 60.7 Å². The van der Waals surface area contributed by atoms with Gasteiger partial charge in [-0.15, -0.1) is 0 Å². The fraction of sp³-hybridized carbons (Fsp3) is 0.273. The van der Waals surface area contributed by atoms with Crippen molar-refractivity contribution in [2.24, 2.45) is 0 Å². The fourth-order valence-corrected chi connectivity index (χ4v) is 3.03. The van der Waals surface area contributed by atoms with Crippen LogP contribution in [0, 0.1) is 0 Å². The minimum absolute atomic E-state index is 0.199. The van der Waals surface area contributed by atoms with Crippen LogP contribution in [-0.2, 0) is 9.53 Å². The summed E-state index contributed by atoms with van der Waals surface area (Å²) in [7, 11) is 0. The second kappa shape index (κ2) is 7.27. The summed E-state index contributed by atoms with van der Waals surface area (Å²) in [6, 6.07) is 16.8. The molecular weight excluding hydrogens is 342 g/mol. The predicted octanol–water partition coefficient (Wildman–Crippen LogP) is 4.44. The van der Waals surface area contributed by atoms with Crippen LogP contribution in [0.1, 0.15) is 26.3 Å². The van der Waals surface area contributed by atoms with E-state index in [1.165, 1.54) is 4.90 Å². The maximum Gasteiger partial charge on any atom is 0.411 e. The van der Waals surface area contributed by atoms with Gasteiger partial charge in [0.15, 0.2) is 6.04 Å². The van der Waals surface area contributed by atoms with Gasteiger partial charge in [0.25, 0.3) is 0 Å². The first-order valence-corrected chi connectivity index (χ1v) is 8.83. The van der Waals surface area contributed by atoms with Gasteiger partial charge in [0.2, 0.25) is 0 Å². The number of carboxylic acids is 1. The largest absolute Gasteiger partial charge is 0.479 e. The standard InChI is InChI=1S/C22H23NO4/c1-22(2,3)27-21(26)23-14-18(13-19(23)20(24)25)17-11-7-10-16(12-17)15-8-5-4-6-9-15/h4-13,19H,14H2,1-3H3,(H,24,25). The molecule has 5 heteroatoms. The molecule has 0 saturated carbocycles. The molecule has 2 aromatic carbocycles. The van der Waals surface area contributed by atoms with Crippen molar-refractivity contribution >= 4 is 17.6 Å². The molecule has 27 heavy (non-hydrogen) atoms. The van der Waals surface area contributed by atoms with E-state index in [2.05, 4.69) is 0 Å². The summed E-state index contributed by atoms with van der Waals surface area (Å²) in [5.41, 5.74) is 3.13. The summed E-state index contributed by atoms with van der Waals surface area (Å²) in [5, 5.41) is 9.53. The van der Waals surface area contributed by atoms with Gasteiger partial charge in [0.1, 0.15) is 5.60 Å². The van der Waals surface area contributed by atoms with E-state index < -0.39 is 23.7 Å². The van der Waals surface area contributed by atoms with Crippen molar-refractivity contribution in [2.45, 2.75) is 32.4 Å². The third-order valence-corrected chi connectivity index (χ3v) is 4.26. The molecule has 1 atom stereocenters. The molecule has 0 aliphatic carbocycles. The summed E-state index contributed by atoms with van der Waals surface area (Å²) in [4.78, 5) is 25.3. The molecule has 1 unspecified atom stereocenters. The van der Waals surface area contributed by atoms with Crippen LogP contribution in [0.25, 0.3) is 16.7 Å². The number of carboxylic acid groups (broad SMARTS) is 1. The van der Waals surface area contributed by atoms with E-state index in [-0.39, 0.29) is 6.54 Å². The van der Waals surface area contributed by atoms with E-state index in [4.69, 9.17) is 4.74 Å². The number of hydrogen-bond donors (Lipinski definition) is 1. The number of ether oxygens (including phenoxy) is 1. The lowest BCUT2D eigenvalue weighted by Gasteiger charge is -2.27. The van der Waals surface area contributed by atoms with Gasteiger partial charge < -0.3 is 9.84 Å². The molecule has 0 aromatic heterocycles. The zero-order chi connectivity index (χ0) is 19.6. The molecule has 1 N–H and O–H groups in total. The Morgan fingerprint density at radius 2 is 1.63 bits per heavy atom. The van der Waals surface area contributed by atoms with E-state index >= 15 is 0 Å². The van der Waals surface area contributed by atoms with Crippen LogP contribution in [0.2, 0.25) is 0 Å². The summed E-state index contributed by atoms with van der Waals surface area (Å²) >= 11 is 0. The Kier molecular flexibility index (Phi) is 5.04. The molecule has 0 fully saturated rings. The monoisotopic (exact) mass is 365 g/mol. The minimum atomic E-state index is -1.07. The predicted molar refractivity (Wildman–Crippen MR) is 104 cm³/mol. The average molecular weight is 365 g/mol. The van der Waals surface area contributed by atoms with Crippen molar-refractivity contribution in [1.29, 1.82) is 0 Å². The number of aliphatic carboxylic acids is 1. The van der Waals surface area contributed by atoms with Crippen LogP contribution >= 0.6 is 0 Å². The molecule has 0 radical (unpaired) electrons. The maximum absolute atomic E-state index is 12.4. The van der Waals surface area contributed by atoms with E-state index in [1.54, 1.807) is 26.8 Å². The Bertz CT molecular complexity index is 881. The molecule has 2 aromatic rings. The number of hydrogen-bond acceptors (Lipinski definition) is 3. The van der Waals surface area contributed by atoms with Gasteiger partial charge in [0, 0.05) is 0 Å². The third kappa shape index (κ3) is 4.37. The van der Waals surface area contributed by atoms with Gasteiger partial charge in [-0.3, -0.25) is 4.90 Å². The molecule has 1 amide bonds. The number of carbonyl (C=O) groups is 2. The summed E-state index contributed by atoms with van der Waals surface area (Å²) < 4.78 is 5.37. The van der Waals surface area contributed by atoms with Gasteiger partial charge >= 0.3 is 12.1 Å². The highest BCUT2D eigenvalue weighted by atomic mass is 16.6. The highest BCUT2D eigenvalue weighted by Crippen LogP contribution is 2.30. The van der Waals surface area contributed by atoms with Crippen molar-refractivity contribution in [3.05, 3.63) is 66.2 Å². The molecular formula is C22H23NO4. The lowest BCUT2D eigenvalue weighted by Crippen LogP contribution is -2.43. The smallest absolute Gasteiger partial charge is 0.411 e. The topological polar surface area (TPSA) is 66.8 Å². The van der Waals surface area contributed by atoms with Crippen LogP contribution < -0.4 is 0 Å². The van der Waals surface area contributed by atoms with Crippen molar-refractivity contribution in [3.8, 4) is 11.1 Å². The molecule has 0 saturated heterocycles. The number of rotatable bonds is 3. The Labute approximate surface area is 158 Å². The molecule has 3 rings (SSSR count). The van der Waals surface area contributed by atoms with Crippen LogP contribution in [0.4, 0.5) is 4.79 Å². The summed E-state index contributed by atoms with van der Waals surface area (Å²) in [6.07, 6.45) is 0.997. The molecule has 1 heterocycles. The normalized spacial score (nSPS) is 16.8. The van der Waals surface area contributed by atoms with Crippen LogP contribution in [0.3, 0.4) is 0 Å². The third-order valence-electron chi connectivity index (χ3n) is 4.26. The van der Waals surface area contributed by atoms with Gasteiger partial charge in [-0.05, 0) is 55.2 Å². The number of amides is 1. The zero-order valence-electron chi connectivity index (χ0n) is 15.7.